The van der Waals surface area contributed by atoms with Crippen molar-refractivity contribution in [2.75, 3.05) is 31.5 Å². The second-order valence-electron chi connectivity index (χ2n) is 7.15. The summed E-state index contributed by atoms with van der Waals surface area (Å²) >= 11 is 0. The van der Waals surface area contributed by atoms with Gasteiger partial charge in [-0.3, -0.25) is 9.59 Å². The molecule has 0 aliphatic carbocycles. The van der Waals surface area contributed by atoms with Gasteiger partial charge in [0.25, 0.3) is 5.91 Å². The number of para-hydroxylation sites is 1. The Morgan fingerprint density at radius 3 is 2.69 bits per heavy atom. The molecule has 2 N–H and O–H groups in total. The number of rotatable bonds is 7. The third kappa shape index (κ3) is 6.01. The molecule has 0 spiro atoms. The van der Waals surface area contributed by atoms with Gasteiger partial charge >= 0.3 is 0 Å². The smallest absolute Gasteiger partial charge is 0.276 e. The van der Waals surface area contributed by atoms with Crippen molar-refractivity contribution in [1.29, 1.82) is 0 Å². The van der Waals surface area contributed by atoms with Crippen molar-refractivity contribution in [3.05, 3.63) is 41.7 Å². The normalized spacial score (nSPS) is 14.1. The summed E-state index contributed by atoms with van der Waals surface area (Å²) in [6.07, 6.45) is 4.40. The second kappa shape index (κ2) is 10.9. The summed E-state index contributed by atoms with van der Waals surface area (Å²) in [5, 5.41) is 14.4. The lowest BCUT2D eigenvalue weighted by Gasteiger charge is -2.22. The highest BCUT2D eigenvalue weighted by Crippen LogP contribution is 2.18. The summed E-state index contributed by atoms with van der Waals surface area (Å²) in [5.74, 6) is -0.483. The third-order valence-electron chi connectivity index (χ3n) is 4.95. The van der Waals surface area contributed by atoms with Crippen LogP contribution >= 0.6 is 12.4 Å². The zero-order chi connectivity index (χ0) is 19.9. The van der Waals surface area contributed by atoms with Crippen LogP contribution in [-0.4, -0.2) is 57.9 Å². The molecule has 0 saturated carbocycles. The van der Waals surface area contributed by atoms with Gasteiger partial charge < -0.3 is 15.5 Å². The number of nitrogens with zero attached hydrogens (tertiary/aromatic N) is 4. The van der Waals surface area contributed by atoms with Crippen LogP contribution in [0.25, 0.3) is 0 Å². The number of amides is 2. The van der Waals surface area contributed by atoms with Gasteiger partial charge in [-0.15, -0.1) is 17.5 Å². The molecule has 0 atom stereocenters. The Morgan fingerprint density at radius 2 is 2.00 bits per heavy atom. The zero-order valence-corrected chi connectivity index (χ0v) is 17.7. The van der Waals surface area contributed by atoms with Gasteiger partial charge in [-0.1, -0.05) is 30.3 Å². The van der Waals surface area contributed by atoms with Gasteiger partial charge in [-0.05, 0) is 50.9 Å². The van der Waals surface area contributed by atoms with Crippen LogP contribution in [0.3, 0.4) is 0 Å². The van der Waals surface area contributed by atoms with Crippen LogP contribution < -0.4 is 10.6 Å². The second-order valence-corrected chi connectivity index (χ2v) is 7.15. The third-order valence-corrected chi connectivity index (χ3v) is 4.95. The Labute approximate surface area is 177 Å². The highest BCUT2D eigenvalue weighted by molar-refractivity contribution is 5.98. The van der Waals surface area contributed by atoms with Gasteiger partial charge in [0.15, 0.2) is 5.69 Å². The number of piperidine rings is 1. The minimum atomic E-state index is -0.262. The van der Waals surface area contributed by atoms with E-state index in [2.05, 4.69) is 20.9 Å². The number of aryl methyl sites for hydroxylation is 1. The lowest BCUT2D eigenvalue weighted by atomic mass is 10.1. The van der Waals surface area contributed by atoms with E-state index in [0.29, 0.717) is 6.54 Å². The quantitative estimate of drug-likeness (QED) is 0.717. The summed E-state index contributed by atoms with van der Waals surface area (Å²) in [7, 11) is 0. The van der Waals surface area contributed by atoms with E-state index in [1.165, 1.54) is 4.90 Å². The highest BCUT2D eigenvalue weighted by Gasteiger charge is 2.23. The molecule has 1 saturated heterocycles. The van der Waals surface area contributed by atoms with Crippen molar-refractivity contribution >= 4 is 29.9 Å². The molecule has 158 valence electrons. The maximum absolute atomic E-state index is 12.9. The molecule has 1 aromatic heterocycles. The van der Waals surface area contributed by atoms with Crippen LogP contribution in [0.4, 0.5) is 5.69 Å². The Morgan fingerprint density at radius 1 is 1.28 bits per heavy atom. The van der Waals surface area contributed by atoms with Gasteiger partial charge in [0.05, 0.1) is 12.2 Å². The summed E-state index contributed by atoms with van der Waals surface area (Å²) < 4.78 is 1.78. The fourth-order valence-electron chi connectivity index (χ4n) is 3.38. The lowest BCUT2D eigenvalue weighted by Crippen LogP contribution is -2.38. The Hall–Kier alpha value is -2.45. The molecule has 29 heavy (non-hydrogen) atoms. The first kappa shape index (κ1) is 22.8. The number of carbonyl (C=O) groups excluding carboxylic acids is 2. The van der Waals surface area contributed by atoms with Crippen LogP contribution in [0.1, 0.15) is 48.3 Å². The van der Waals surface area contributed by atoms with Gasteiger partial charge in [0, 0.05) is 12.2 Å². The molecule has 2 amide bonds. The fourth-order valence-corrected chi connectivity index (χ4v) is 3.38. The summed E-state index contributed by atoms with van der Waals surface area (Å²) in [6, 6.07) is 7.84. The number of halogens is 1. The average Bonchev–Trinajstić information content (AvgIpc) is 3.20. The Kier molecular flexibility index (Phi) is 8.60. The maximum atomic E-state index is 12.9. The topological polar surface area (TPSA) is 92.2 Å². The molecule has 0 bridgehead atoms. The molecular weight excluding hydrogens is 392 g/mol. The molecule has 1 aliphatic heterocycles. The van der Waals surface area contributed by atoms with E-state index in [4.69, 9.17) is 0 Å². The fraction of sp³-hybridized carbons (Fsp3) is 0.500. The molecule has 2 heterocycles. The van der Waals surface area contributed by atoms with Gasteiger partial charge in [0.1, 0.15) is 6.54 Å². The predicted molar refractivity (Wildman–Crippen MR) is 114 cm³/mol. The number of hydrogen-bond acceptors (Lipinski definition) is 5. The monoisotopic (exact) mass is 420 g/mol. The molecule has 0 unspecified atom stereocenters. The summed E-state index contributed by atoms with van der Waals surface area (Å²) in [6.45, 7) is 6.26. The van der Waals surface area contributed by atoms with Gasteiger partial charge in [-0.25, -0.2) is 4.68 Å². The van der Waals surface area contributed by atoms with Crippen LogP contribution in [-0.2, 0) is 4.79 Å². The van der Waals surface area contributed by atoms with Crippen LogP contribution in [0.2, 0.25) is 0 Å². The standard InChI is InChI=1S/C20H28N6O2.ClH/c1-3-12-25(14-19(27)22-17-7-5-4-6-15(17)2)20(28)18-13-26(24-23-18)16-8-10-21-11-9-16;/h4-7,13,16,21H,3,8-12,14H2,1-2H3,(H,22,27);1H. The molecule has 1 fully saturated rings. The average molecular weight is 421 g/mol. The van der Waals surface area contributed by atoms with Crippen molar-refractivity contribution in [3.63, 3.8) is 0 Å². The first-order valence-electron chi connectivity index (χ1n) is 9.85. The highest BCUT2D eigenvalue weighted by atomic mass is 35.5. The van der Waals surface area contributed by atoms with Crippen LogP contribution in [0.15, 0.2) is 30.5 Å². The minimum absolute atomic E-state index is 0. The SMILES string of the molecule is CCCN(CC(=O)Nc1ccccc1C)C(=O)c1cn(C2CCNCC2)nn1.Cl. The van der Waals surface area contributed by atoms with E-state index >= 15 is 0 Å². The zero-order valence-electron chi connectivity index (χ0n) is 16.9. The van der Waals surface area contributed by atoms with Crippen LogP contribution in [0.5, 0.6) is 0 Å². The lowest BCUT2D eigenvalue weighted by molar-refractivity contribution is -0.116. The van der Waals surface area contributed by atoms with Crippen molar-refractivity contribution < 1.29 is 9.59 Å². The maximum Gasteiger partial charge on any atom is 0.276 e. The van der Waals surface area contributed by atoms with Gasteiger partial charge in [-0.2, -0.15) is 0 Å². The summed E-state index contributed by atoms with van der Waals surface area (Å²) in [5.41, 5.74) is 2.03. The van der Waals surface area contributed by atoms with E-state index < -0.39 is 0 Å². The van der Waals surface area contributed by atoms with Crippen LogP contribution in [0, 0.1) is 6.92 Å². The Balaban J connectivity index is 0.00000300. The van der Waals surface area contributed by atoms with E-state index in [0.717, 1.165) is 43.6 Å². The van der Waals surface area contributed by atoms with Crippen molar-refractivity contribution in [2.24, 2.45) is 0 Å². The molecule has 3 rings (SSSR count). The van der Waals surface area contributed by atoms with Crippen molar-refractivity contribution in [1.82, 2.24) is 25.2 Å². The number of carbonyl (C=O) groups is 2. The van der Waals surface area contributed by atoms with E-state index in [1.54, 1.807) is 10.9 Å². The molecule has 2 aromatic rings. The molecule has 8 nitrogen and oxygen atoms in total. The molecule has 0 radical (unpaired) electrons. The van der Waals surface area contributed by atoms with Gasteiger partial charge in [0.2, 0.25) is 5.91 Å². The number of hydrogen-bond donors (Lipinski definition) is 2. The first-order chi connectivity index (χ1) is 13.6. The van der Waals surface area contributed by atoms with E-state index in [1.807, 2.05) is 38.1 Å². The van der Waals surface area contributed by atoms with E-state index in [-0.39, 0.29) is 42.5 Å². The van der Waals surface area contributed by atoms with Crippen molar-refractivity contribution in [3.8, 4) is 0 Å². The minimum Gasteiger partial charge on any atom is -0.328 e. The number of anilines is 1. The predicted octanol–water partition coefficient (Wildman–Crippen LogP) is 2.42. The van der Waals surface area contributed by atoms with Crippen molar-refractivity contribution in [2.45, 2.75) is 39.2 Å². The molecule has 1 aromatic carbocycles. The number of nitrogens with one attached hydrogen (secondary N) is 2. The Bertz CT molecular complexity index is 819. The number of aromatic nitrogens is 3. The largest absolute Gasteiger partial charge is 0.328 e. The van der Waals surface area contributed by atoms with E-state index in [9.17, 15) is 9.59 Å². The molecule has 9 heteroatoms. The number of benzene rings is 1. The molecular formula is C20H29ClN6O2. The first-order valence-corrected chi connectivity index (χ1v) is 9.85. The summed E-state index contributed by atoms with van der Waals surface area (Å²) in [4.78, 5) is 26.9. The molecule has 1 aliphatic rings.